The quantitative estimate of drug-likeness (QED) is 0.543. The summed E-state index contributed by atoms with van der Waals surface area (Å²) in [6, 6.07) is 0. The predicted molar refractivity (Wildman–Crippen MR) is 119 cm³/mol. The summed E-state index contributed by atoms with van der Waals surface area (Å²) in [7, 11) is 0. The van der Waals surface area contributed by atoms with E-state index in [0.29, 0.717) is 17.3 Å². The van der Waals surface area contributed by atoms with Gasteiger partial charge in [-0.15, -0.1) is 0 Å². The smallest absolute Gasteiger partial charge is 0.303 e. The standard InChI is InChI=1S/C27H40O4/c1-16(28)31-19-12-22-26(5)11-8-20-24(2,3)9-7-10-25(20,4)21(26)13-23(29)27(22,6)18-15-30-14-17(18)19/h14-15,19-23,29H,7-13H2,1-6H3/t19-,20?,21?,22?,23+,25-,26+,27+/m0/s1. The van der Waals surface area contributed by atoms with E-state index in [9.17, 15) is 9.90 Å². The first-order valence-electron chi connectivity index (χ1n) is 12.4. The van der Waals surface area contributed by atoms with Crippen LogP contribution in [0.15, 0.2) is 16.9 Å². The molecule has 1 N–H and O–H groups in total. The Morgan fingerprint density at radius 2 is 1.71 bits per heavy atom. The number of carbonyl (C=O) groups is 1. The Kier molecular flexibility index (Phi) is 4.60. The van der Waals surface area contributed by atoms with E-state index in [1.54, 1.807) is 6.26 Å². The molecule has 4 aliphatic carbocycles. The van der Waals surface area contributed by atoms with Crippen molar-refractivity contribution in [1.29, 1.82) is 0 Å². The molecule has 3 unspecified atom stereocenters. The van der Waals surface area contributed by atoms with Crippen LogP contribution in [0, 0.1) is 34.0 Å². The number of hydrogen-bond donors (Lipinski definition) is 1. The number of aliphatic hydroxyl groups excluding tert-OH is 1. The number of furan rings is 1. The monoisotopic (exact) mass is 428 g/mol. The zero-order valence-electron chi connectivity index (χ0n) is 20.2. The number of rotatable bonds is 1. The average molecular weight is 429 g/mol. The van der Waals surface area contributed by atoms with Crippen LogP contribution >= 0.6 is 0 Å². The molecule has 4 heteroatoms. The molecule has 1 aromatic heterocycles. The Morgan fingerprint density at radius 3 is 2.42 bits per heavy atom. The van der Waals surface area contributed by atoms with Gasteiger partial charge in [0.05, 0.1) is 18.6 Å². The molecule has 0 saturated heterocycles. The van der Waals surface area contributed by atoms with Gasteiger partial charge in [0.1, 0.15) is 6.10 Å². The SMILES string of the molecule is CC(=O)O[C@H]1CC2[C@]3(C)CCC4C(C)(C)CCC[C@]4(C)C3C[C@@H](O)[C@]2(C)c2cocc21. The molecule has 0 radical (unpaired) electrons. The number of hydrogen-bond acceptors (Lipinski definition) is 4. The number of carbonyl (C=O) groups excluding carboxylic acids is 1. The van der Waals surface area contributed by atoms with Crippen LogP contribution in [-0.2, 0) is 14.9 Å². The van der Waals surface area contributed by atoms with E-state index in [0.717, 1.165) is 24.0 Å². The minimum absolute atomic E-state index is 0.111. The molecule has 0 aliphatic heterocycles. The molecule has 4 nitrogen and oxygen atoms in total. The lowest BCUT2D eigenvalue weighted by molar-refractivity contribution is -0.214. The Bertz CT molecular complexity index is 886. The molecule has 172 valence electrons. The third-order valence-electron chi connectivity index (χ3n) is 10.9. The summed E-state index contributed by atoms with van der Waals surface area (Å²) in [6.07, 6.45) is 10.8. The molecule has 0 aromatic carbocycles. The fourth-order valence-corrected chi connectivity index (χ4v) is 9.56. The molecule has 0 bridgehead atoms. The van der Waals surface area contributed by atoms with Crippen LogP contribution in [0.25, 0.3) is 0 Å². The van der Waals surface area contributed by atoms with Crippen molar-refractivity contribution in [2.24, 2.45) is 34.0 Å². The lowest BCUT2D eigenvalue weighted by atomic mass is 9.35. The Morgan fingerprint density at radius 1 is 1.00 bits per heavy atom. The summed E-state index contributed by atoms with van der Waals surface area (Å²) in [5.74, 6) is 1.20. The van der Waals surface area contributed by atoms with Crippen LogP contribution in [0.4, 0.5) is 0 Å². The number of esters is 1. The second-order valence-corrected chi connectivity index (χ2v) is 12.7. The highest BCUT2D eigenvalue weighted by Gasteiger charge is 2.68. The Hall–Kier alpha value is -1.29. The van der Waals surface area contributed by atoms with Crippen LogP contribution in [0.5, 0.6) is 0 Å². The van der Waals surface area contributed by atoms with E-state index >= 15 is 0 Å². The third kappa shape index (κ3) is 2.72. The summed E-state index contributed by atoms with van der Waals surface area (Å²) >= 11 is 0. The zero-order valence-corrected chi connectivity index (χ0v) is 20.2. The van der Waals surface area contributed by atoms with Crippen LogP contribution < -0.4 is 0 Å². The van der Waals surface area contributed by atoms with Gasteiger partial charge in [0.2, 0.25) is 0 Å². The van der Waals surface area contributed by atoms with Crippen molar-refractivity contribution in [2.45, 2.75) is 104 Å². The van der Waals surface area contributed by atoms with Gasteiger partial charge in [-0.25, -0.2) is 0 Å². The second kappa shape index (κ2) is 6.62. The molecule has 1 aromatic rings. The molecule has 0 amide bonds. The van der Waals surface area contributed by atoms with Crippen LogP contribution in [0.3, 0.4) is 0 Å². The average Bonchev–Trinajstić information content (AvgIpc) is 3.16. The summed E-state index contributed by atoms with van der Waals surface area (Å²) < 4.78 is 11.5. The summed E-state index contributed by atoms with van der Waals surface area (Å²) in [6.45, 7) is 13.7. The summed E-state index contributed by atoms with van der Waals surface area (Å²) in [4.78, 5) is 11.9. The van der Waals surface area contributed by atoms with Gasteiger partial charge in [-0.1, -0.05) is 41.0 Å². The number of fused-ring (bicyclic) bond motifs is 7. The van der Waals surface area contributed by atoms with Gasteiger partial charge in [-0.2, -0.15) is 0 Å². The van der Waals surface area contributed by atoms with E-state index in [1.165, 1.54) is 39.0 Å². The lowest BCUT2D eigenvalue weighted by Gasteiger charge is -2.70. The highest BCUT2D eigenvalue weighted by atomic mass is 16.5. The maximum atomic E-state index is 11.9. The normalized spacial score (nSPS) is 48.0. The molecular formula is C27H40O4. The maximum absolute atomic E-state index is 11.9. The first kappa shape index (κ1) is 21.6. The van der Waals surface area contributed by atoms with Crippen LogP contribution in [0.1, 0.15) is 104 Å². The number of aliphatic hydroxyl groups is 1. The largest absolute Gasteiger partial charge is 0.472 e. The fourth-order valence-electron chi connectivity index (χ4n) is 9.56. The maximum Gasteiger partial charge on any atom is 0.303 e. The fraction of sp³-hybridized carbons (Fsp3) is 0.815. The van der Waals surface area contributed by atoms with E-state index in [-0.39, 0.29) is 34.2 Å². The Labute approximate surface area is 187 Å². The van der Waals surface area contributed by atoms with Crippen molar-refractivity contribution in [3.05, 3.63) is 23.7 Å². The first-order chi connectivity index (χ1) is 14.4. The molecule has 8 atom stereocenters. The van der Waals surface area contributed by atoms with Crippen molar-refractivity contribution < 1.29 is 19.1 Å². The van der Waals surface area contributed by atoms with Gasteiger partial charge >= 0.3 is 5.97 Å². The van der Waals surface area contributed by atoms with Gasteiger partial charge in [0.25, 0.3) is 0 Å². The topological polar surface area (TPSA) is 59.7 Å². The van der Waals surface area contributed by atoms with Crippen LogP contribution in [-0.4, -0.2) is 17.2 Å². The second-order valence-electron chi connectivity index (χ2n) is 12.7. The lowest BCUT2D eigenvalue weighted by Crippen LogP contribution is -2.66. The molecule has 1 heterocycles. The number of ether oxygens (including phenoxy) is 1. The highest BCUT2D eigenvalue weighted by Crippen LogP contribution is 2.72. The van der Waals surface area contributed by atoms with Crippen molar-refractivity contribution in [1.82, 2.24) is 0 Å². The minimum atomic E-state index is -0.411. The highest BCUT2D eigenvalue weighted by molar-refractivity contribution is 5.66. The molecular weight excluding hydrogens is 388 g/mol. The third-order valence-corrected chi connectivity index (χ3v) is 10.9. The molecule has 31 heavy (non-hydrogen) atoms. The van der Waals surface area contributed by atoms with Crippen molar-refractivity contribution in [3.63, 3.8) is 0 Å². The van der Waals surface area contributed by atoms with Crippen molar-refractivity contribution >= 4 is 5.97 Å². The molecule has 3 saturated carbocycles. The van der Waals surface area contributed by atoms with E-state index in [4.69, 9.17) is 9.15 Å². The zero-order chi connectivity index (χ0) is 22.4. The van der Waals surface area contributed by atoms with Crippen LogP contribution in [0.2, 0.25) is 0 Å². The summed E-state index contributed by atoms with van der Waals surface area (Å²) in [5.41, 5.74) is 2.37. The first-order valence-corrected chi connectivity index (χ1v) is 12.4. The minimum Gasteiger partial charge on any atom is -0.472 e. The van der Waals surface area contributed by atoms with E-state index in [1.807, 2.05) is 6.26 Å². The molecule has 5 rings (SSSR count). The van der Waals surface area contributed by atoms with Crippen molar-refractivity contribution in [2.75, 3.05) is 0 Å². The van der Waals surface area contributed by atoms with Gasteiger partial charge in [-0.05, 0) is 72.5 Å². The van der Waals surface area contributed by atoms with Gasteiger partial charge < -0.3 is 14.3 Å². The van der Waals surface area contributed by atoms with Gasteiger partial charge in [0.15, 0.2) is 0 Å². The molecule has 3 fully saturated rings. The van der Waals surface area contributed by atoms with E-state index in [2.05, 4.69) is 34.6 Å². The van der Waals surface area contributed by atoms with Gasteiger partial charge in [-0.3, -0.25) is 4.79 Å². The Balaban J connectivity index is 1.61. The molecule has 0 spiro atoms. The van der Waals surface area contributed by atoms with E-state index < -0.39 is 6.10 Å². The molecule has 4 aliphatic rings. The predicted octanol–water partition coefficient (Wildman–Crippen LogP) is 6.17. The van der Waals surface area contributed by atoms with Crippen molar-refractivity contribution in [3.8, 4) is 0 Å². The summed E-state index contributed by atoms with van der Waals surface area (Å²) in [5, 5.41) is 11.7. The van der Waals surface area contributed by atoms with Gasteiger partial charge in [0, 0.05) is 23.5 Å².